The second-order valence-corrected chi connectivity index (χ2v) is 7.38. The molecule has 1 fully saturated rings. The Labute approximate surface area is 174 Å². The summed E-state index contributed by atoms with van der Waals surface area (Å²) in [6, 6.07) is 11.4. The lowest BCUT2D eigenvalue weighted by Gasteiger charge is -2.33. The van der Waals surface area contributed by atoms with Crippen LogP contribution in [0.25, 0.3) is 16.9 Å². The molecule has 0 radical (unpaired) electrons. The molecule has 4 rings (SSSR count). The molecule has 3 aromatic rings. The van der Waals surface area contributed by atoms with Crippen LogP contribution in [0.5, 0.6) is 0 Å². The maximum absolute atomic E-state index is 13.3. The van der Waals surface area contributed by atoms with Crippen LogP contribution in [0.2, 0.25) is 0 Å². The Balaban J connectivity index is 1.71. The normalized spacial score (nSPS) is 14.6. The minimum atomic E-state index is -0.151. The monoisotopic (exact) mass is 404 g/mol. The lowest BCUT2D eigenvalue weighted by Crippen LogP contribution is -2.47. The Kier molecular flexibility index (Phi) is 5.94. The van der Waals surface area contributed by atoms with Gasteiger partial charge in [-0.3, -0.25) is 9.36 Å². The van der Waals surface area contributed by atoms with Gasteiger partial charge in [-0.1, -0.05) is 12.1 Å². The number of carbonyl (C=O) groups excluding carboxylic acids is 1. The highest BCUT2D eigenvalue weighted by atomic mass is 16.1. The molecular formula is C22H24N6O2. The summed E-state index contributed by atoms with van der Waals surface area (Å²) in [4.78, 5) is 33.0. The molecule has 1 saturated heterocycles. The Morgan fingerprint density at radius 3 is 2.50 bits per heavy atom. The average Bonchev–Trinajstić information content (AvgIpc) is 2.80. The van der Waals surface area contributed by atoms with Crippen molar-refractivity contribution in [1.29, 1.82) is 0 Å². The van der Waals surface area contributed by atoms with E-state index in [0.717, 1.165) is 55.1 Å². The first-order valence-corrected chi connectivity index (χ1v) is 10.0. The van der Waals surface area contributed by atoms with Crippen molar-refractivity contribution >= 4 is 12.1 Å². The molecule has 0 atom stereocenters. The van der Waals surface area contributed by atoms with E-state index in [9.17, 15) is 9.59 Å². The van der Waals surface area contributed by atoms with Crippen molar-refractivity contribution in [2.24, 2.45) is 0 Å². The number of carbonyl (C=O) groups is 1. The van der Waals surface area contributed by atoms with Gasteiger partial charge < -0.3 is 14.6 Å². The lowest BCUT2D eigenvalue weighted by atomic mass is 10.1. The molecule has 154 valence electrons. The molecule has 3 heterocycles. The van der Waals surface area contributed by atoms with Crippen molar-refractivity contribution in [2.45, 2.75) is 12.8 Å². The first-order chi connectivity index (χ1) is 14.7. The number of hydrogen-bond donors (Lipinski definition) is 0. The van der Waals surface area contributed by atoms with Crippen molar-refractivity contribution in [1.82, 2.24) is 24.6 Å². The molecule has 0 amide bonds. The van der Waals surface area contributed by atoms with Crippen molar-refractivity contribution in [3.63, 3.8) is 0 Å². The molecule has 2 aromatic heterocycles. The maximum Gasteiger partial charge on any atom is 0.298 e. The number of piperazine rings is 1. The van der Waals surface area contributed by atoms with E-state index in [1.165, 1.54) is 0 Å². The van der Waals surface area contributed by atoms with Gasteiger partial charge in [0, 0.05) is 56.2 Å². The third-order valence-corrected chi connectivity index (χ3v) is 5.27. The molecule has 0 bridgehead atoms. The fraction of sp³-hybridized carbons (Fsp3) is 0.318. The summed E-state index contributed by atoms with van der Waals surface area (Å²) in [6.45, 7) is 3.27. The number of aryl methyl sites for hydroxylation is 1. The zero-order chi connectivity index (χ0) is 20.9. The van der Waals surface area contributed by atoms with Gasteiger partial charge in [0.25, 0.3) is 5.56 Å². The SMILES string of the molecule is CN1CCN(c2nc(CCC=O)cn(-c3ccc(-c4cccnn4)cc3)c2=O)CC1. The summed E-state index contributed by atoms with van der Waals surface area (Å²) in [5, 5.41) is 8.04. The summed E-state index contributed by atoms with van der Waals surface area (Å²) < 4.78 is 1.63. The molecular weight excluding hydrogens is 380 g/mol. The Bertz CT molecular complexity index is 1060. The third-order valence-electron chi connectivity index (χ3n) is 5.27. The van der Waals surface area contributed by atoms with Gasteiger partial charge >= 0.3 is 0 Å². The van der Waals surface area contributed by atoms with Crippen molar-refractivity contribution in [2.75, 3.05) is 38.1 Å². The summed E-state index contributed by atoms with van der Waals surface area (Å²) in [5.41, 5.74) is 3.03. The number of aldehydes is 1. The largest absolute Gasteiger partial charge is 0.349 e. The zero-order valence-electron chi connectivity index (χ0n) is 16.9. The van der Waals surface area contributed by atoms with Gasteiger partial charge in [0.2, 0.25) is 0 Å². The van der Waals surface area contributed by atoms with E-state index in [1.54, 1.807) is 17.0 Å². The van der Waals surface area contributed by atoms with Crippen molar-refractivity contribution < 1.29 is 4.79 Å². The summed E-state index contributed by atoms with van der Waals surface area (Å²) in [6.07, 6.45) is 5.13. The molecule has 8 heteroatoms. The van der Waals surface area contributed by atoms with Gasteiger partial charge in [-0.25, -0.2) is 4.98 Å². The van der Waals surface area contributed by atoms with Crippen LogP contribution in [0, 0.1) is 0 Å². The number of benzene rings is 1. The van der Waals surface area contributed by atoms with E-state index in [-0.39, 0.29) is 5.56 Å². The van der Waals surface area contributed by atoms with Crippen LogP contribution >= 0.6 is 0 Å². The topological polar surface area (TPSA) is 84.2 Å². The summed E-state index contributed by atoms with van der Waals surface area (Å²) >= 11 is 0. The zero-order valence-corrected chi connectivity index (χ0v) is 16.9. The summed E-state index contributed by atoms with van der Waals surface area (Å²) in [7, 11) is 2.07. The lowest BCUT2D eigenvalue weighted by molar-refractivity contribution is -0.107. The number of hydrogen-bond acceptors (Lipinski definition) is 7. The highest BCUT2D eigenvalue weighted by Crippen LogP contribution is 2.19. The van der Waals surface area contributed by atoms with E-state index >= 15 is 0 Å². The highest BCUT2D eigenvalue weighted by Gasteiger charge is 2.20. The van der Waals surface area contributed by atoms with Crippen LogP contribution in [0.15, 0.2) is 53.6 Å². The fourth-order valence-electron chi connectivity index (χ4n) is 3.52. The van der Waals surface area contributed by atoms with Crippen LogP contribution in [0.4, 0.5) is 5.82 Å². The van der Waals surface area contributed by atoms with Crippen molar-refractivity contribution in [3.05, 3.63) is 64.8 Å². The molecule has 1 aliphatic rings. The molecule has 8 nitrogen and oxygen atoms in total. The van der Waals surface area contributed by atoms with Gasteiger partial charge in [-0.15, -0.1) is 0 Å². The van der Waals surface area contributed by atoms with Gasteiger partial charge in [0.1, 0.15) is 6.29 Å². The van der Waals surface area contributed by atoms with E-state index < -0.39 is 0 Å². The highest BCUT2D eigenvalue weighted by molar-refractivity contribution is 5.60. The number of nitrogens with zero attached hydrogens (tertiary/aromatic N) is 6. The standard InChI is InChI=1S/C22H24N6O2/c1-26-11-13-27(14-12-26)21-22(30)28(16-18(24-21)4-3-15-29)19-8-6-17(7-9-19)20-5-2-10-23-25-20/h2,5-10,15-16H,3-4,11-14H2,1H3. The number of aromatic nitrogens is 4. The Morgan fingerprint density at radius 2 is 1.83 bits per heavy atom. The van der Waals surface area contributed by atoms with Gasteiger partial charge in [-0.05, 0) is 37.7 Å². The maximum atomic E-state index is 13.3. The molecule has 30 heavy (non-hydrogen) atoms. The molecule has 0 spiro atoms. The van der Waals surface area contributed by atoms with E-state index in [2.05, 4.69) is 27.1 Å². The molecule has 0 saturated carbocycles. The Hall–Kier alpha value is -3.39. The van der Waals surface area contributed by atoms with Crippen LogP contribution < -0.4 is 10.5 Å². The first kappa shape index (κ1) is 19.9. The van der Waals surface area contributed by atoms with Gasteiger partial charge in [0.05, 0.1) is 11.4 Å². The third kappa shape index (κ3) is 4.28. The van der Waals surface area contributed by atoms with E-state index in [4.69, 9.17) is 0 Å². The van der Waals surface area contributed by atoms with Crippen LogP contribution in [-0.2, 0) is 11.2 Å². The van der Waals surface area contributed by atoms with Crippen LogP contribution in [0.1, 0.15) is 12.1 Å². The van der Waals surface area contributed by atoms with E-state index in [0.29, 0.717) is 18.7 Å². The molecule has 1 aliphatic heterocycles. The first-order valence-electron chi connectivity index (χ1n) is 10.0. The van der Waals surface area contributed by atoms with Crippen LogP contribution in [0.3, 0.4) is 0 Å². The minimum Gasteiger partial charge on any atom is -0.349 e. The van der Waals surface area contributed by atoms with Crippen molar-refractivity contribution in [3.8, 4) is 16.9 Å². The van der Waals surface area contributed by atoms with E-state index in [1.807, 2.05) is 41.3 Å². The smallest absolute Gasteiger partial charge is 0.298 e. The number of likely N-dealkylation sites (N-methyl/N-ethyl adjacent to an activating group) is 1. The predicted molar refractivity (Wildman–Crippen MR) is 115 cm³/mol. The predicted octanol–water partition coefficient (Wildman–Crippen LogP) is 1.57. The van der Waals surface area contributed by atoms with Gasteiger partial charge in [0.15, 0.2) is 5.82 Å². The quantitative estimate of drug-likeness (QED) is 0.577. The minimum absolute atomic E-state index is 0.151. The van der Waals surface area contributed by atoms with Gasteiger partial charge in [-0.2, -0.15) is 10.2 Å². The number of anilines is 1. The fourth-order valence-corrected chi connectivity index (χ4v) is 3.52. The molecule has 0 N–H and O–H groups in total. The average molecular weight is 404 g/mol. The molecule has 0 unspecified atom stereocenters. The molecule has 0 aliphatic carbocycles. The number of rotatable bonds is 6. The molecule has 1 aromatic carbocycles. The second kappa shape index (κ2) is 8.96. The summed E-state index contributed by atoms with van der Waals surface area (Å²) in [5.74, 6) is 0.449. The second-order valence-electron chi connectivity index (χ2n) is 7.38. The Morgan fingerprint density at radius 1 is 1.07 bits per heavy atom. The van der Waals surface area contributed by atoms with Crippen LogP contribution in [-0.4, -0.2) is 64.2 Å².